The molecule has 0 aromatic heterocycles. The number of ether oxygens (including phenoxy) is 3. The van der Waals surface area contributed by atoms with E-state index in [1.54, 1.807) is 0 Å². The monoisotopic (exact) mass is 705 g/mol. The van der Waals surface area contributed by atoms with Gasteiger partial charge in [-0.15, -0.1) is 0 Å². The van der Waals surface area contributed by atoms with Gasteiger partial charge < -0.3 is 24.8 Å². The molecule has 0 aromatic carbocycles. The first-order chi connectivity index (χ1) is 20.6. The average molecular weight is 705 g/mol. The van der Waals surface area contributed by atoms with Crippen molar-refractivity contribution in [1.29, 1.82) is 0 Å². The Morgan fingerprint density at radius 2 is 0.510 bits per heavy atom. The van der Waals surface area contributed by atoms with Gasteiger partial charge >= 0.3 is 0 Å². The first-order valence-electron chi connectivity index (χ1n) is 16.1. The molecule has 0 saturated heterocycles. The summed E-state index contributed by atoms with van der Waals surface area (Å²) in [5.41, 5.74) is -2.17. The second kappa shape index (κ2) is 23.1. The lowest BCUT2D eigenvalue weighted by Crippen LogP contribution is -2.42. The quantitative estimate of drug-likeness (QED) is 0.230. The fourth-order valence-corrected chi connectivity index (χ4v) is 2.48. The SMILES string of the molecule is C.C.CC(C)(C)C(=O)COCC(=O)C(C)(C)C.CC(C)(C)NC(=O)COCC(=O)C(C)(C)C.CC(C)(C)NC(=O)COCC(=O)C(C)(C)C. The van der Waals surface area contributed by atoms with E-state index in [0.717, 1.165) is 0 Å². The van der Waals surface area contributed by atoms with E-state index >= 15 is 0 Å². The summed E-state index contributed by atoms with van der Waals surface area (Å²) >= 11 is 0. The minimum Gasteiger partial charge on any atom is -0.366 e. The highest BCUT2D eigenvalue weighted by Gasteiger charge is 2.25. The van der Waals surface area contributed by atoms with Gasteiger partial charge in [-0.2, -0.15) is 0 Å². The Morgan fingerprint density at radius 3 is 0.653 bits per heavy atom. The smallest absolute Gasteiger partial charge is 0.246 e. The Bertz CT molecular complexity index is 940. The standard InChI is InChI=1S/2C12H23NO3.C12H22O3.2CH4/c2*1-11(2,3)9(14)7-16-8-10(15)13-12(4,5)6;1-11(2,3)9(13)7-15-8-10(14)12(4,5)6;;/h2*7-8H2,1-6H3,(H,13,15);7-8H2,1-6H3;2*1H4. The third kappa shape index (κ3) is 35.1. The second-order valence-corrected chi connectivity index (χ2v) is 17.8. The molecule has 49 heavy (non-hydrogen) atoms. The van der Waals surface area contributed by atoms with Gasteiger partial charge in [0.15, 0.2) is 23.1 Å². The highest BCUT2D eigenvalue weighted by atomic mass is 16.5. The van der Waals surface area contributed by atoms with Crippen LogP contribution in [0.25, 0.3) is 0 Å². The van der Waals surface area contributed by atoms with Gasteiger partial charge in [0.2, 0.25) is 11.8 Å². The summed E-state index contributed by atoms with van der Waals surface area (Å²) in [5, 5.41) is 5.51. The summed E-state index contributed by atoms with van der Waals surface area (Å²) in [5.74, 6) is -0.371. The lowest BCUT2D eigenvalue weighted by Gasteiger charge is -2.21. The number of amides is 2. The molecule has 0 aliphatic carbocycles. The number of carbonyl (C=O) groups is 6. The molecular weight excluding hydrogens is 628 g/mol. The van der Waals surface area contributed by atoms with Gasteiger partial charge in [0.1, 0.15) is 39.6 Å². The normalized spacial score (nSPS) is 12.0. The molecule has 0 spiro atoms. The van der Waals surface area contributed by atoms with Crippen LogP contribution in [0.15, 0.2) is 0 Å². The van der Waals surface area contributed by atoms with E-state index in [2.05, 4.69) is 10.6 Å². The molecule has 0 bridgehead atoms. The van der Waals surface area contributed by atoms with E-state index in [9.17, 15) is 28.8 Å². The number of carbonyl (C=O) groups excluding carboxylic acids is 6. The van der Waals surface area contributed by atoms with Gasteiger partial charge in [-0.3, -0.25) is 28.8 Å². The van der Waals surface area contributed by atoms with Crippen LogP contribution in [0.3, 0.4) is 0 Å². The highest BCUT2D eigenvalue weighted by molar-refractivity contribution is 5.87. The highest BCUT2D eigenvalue weighted by Crippen LogP contribution is 2.17. The van der Waals surface area contributed by atoms with Crippen molar-refractivity contribution in [2.75, 3.05) is 39.6 Å². The van der Waals surface area contributed by atoms with Crippen molar-refractivity contribution in [2.24, 2.45) is 21.7 Å². The molecule has 0 atom stereocenters. The van der Waals surface area contributed by atoms with Gasteiger partial charge in [0.25, 0.3) is 0 Å². The molecule has 0 aliphatic heterocycles. The molecule has 0 unspecified atom stereocenters. The minimum absolute atomic E-state index is 0. The van der Waals surface area contributed by atoms with E-state index in [0.29, 0.717) is 0 Å². The number of hydrogen-bond donors (Lipinski definition) is 2. The molecule has 292 valence electrons. The zero-order chi connectivity index (χ0) is 38.2. The molecular formula is C38H76N2O9. The molecule has 11 nitrogen and oxygen atoms in total. The van der Waals surface area contributed by atoms with Gasteiger partial charge in [-0.25, -0.2) is 0 Å². The van der Waals surface area contributed by atoms with Crippen LogP contribution < -0.4 is 10.6 Å². The summed E-state index contributed by atoms with van der Waals surface area (Å²) in [7, 11) is 0. The molecule has 0 aliphatic rings. The third-order valence-corrected chi connectivity index (χ3v) is 5.77. The molecule has 0 saturated carbocycles. The molecule has 0 rings (SSSR count). The Kier molecular flexibility index (Phi) is 26.3. The van der Waals surface area contributed by atoms with Crippen LogP contribution in [0.4, 0.5) is 0 Å². The Labute approximate surface area is 300 Å². The molecule has 0 heterocycles. The fraction of sp³-hybridized carbons (Fsp3) is 0.842. The van der Waals surface area contributed by atoms with Gasteiger partial charge in [0, 0.05) is 32.7 Å². The zero-order valence-electron chi connectivity index (χ0n) is 32.9. The summed E-state index contributed by atoms with van der Waals surface area (Å²) in [6.45, 7) is 33.2. The van der Waals surface area contributed by atoms with Crippen molar-refractivity contribution in [3.63, 3.8) is 0 Å². The van der Waals surface area contributed by atoms with E-state index in [-0.39, 0.29) is 101 Å². The van der Waals surface area contributed by atoms with E-state index in [1.807, 2.05) is 125 Å². The van der Waals surface area contributed by atoms with E-state index < -0.39 is 21.7 Å². The first kappa shape index (κ1) is 55.9. The van der Waals surface area contributed by atoms with Gasteiger partial charge in [-0.05, 0) is 41.5 Å². The maximum absolute atomic E-state index is 11.5. The summed E-state index contributed by atoms with van der Waals surface area (Å²) < 4.78 is 15.2. The molecule has 0 aromatic rings. The molecule has 2 N–H and O–H groups in total. The second-order valence-electron chi connectivity index (χ2n) is 17.8. The van der Waals surface area contributed by atoms with Crippen LogP contribution in [0.5, 0.6) is 0 Å². The van der Waals surface area contributed by atoms with Crippen molar-refractivity contribution in [3.05, 3.63) is 0 Å². The summed E-state index contributed by atoms with van der Waals surface area (Å²) in [4.78, 5) is 68.6. The Hall–Kier alpha value is -2.50. The predicted molar refractivity (Wildman–Crippen MR) is 200 cm³/mol. The van der Waals surface area contributed by atoms with Crippen LogP contribution in [-0.2, 0) is 43.0 Å². The van der Waals surface area contributed by atoms with Crippen LogP contribution in [-0.4, -0.2) is 85.7 Å². The summed E-state index contributed by atoms with van der Waals surface area (Å²) in [6, 6.07) is 0. The van der Waals surface area contributed by atoms with Crippen LogP contribution in [0, 0.1) is 21.7 Å². The number of Topliss-reactive ketones (excluding diaryl/α,β-unsaturated/α-hetero) is 4. The van der Waals surface area contributed by atoms with Crippen molar-refractivity contribution in [2.45, 2.75) is 151 Å². The Morgan fingerprint density at radius 1 is 0.347 bits per heavy atom. The largest absolute Gasteiger partial charge is 0.366 e. The van der Waals surface area contributed by atoms with Crippen molar-refractivity contribution >= 4 is 34.9 Å². The molecule has 0 radical (unpaired) electrons. The third-order valence-electron chi connectivity index (χ3n) is 5.77. The molecule has 2 amide bonds. The average Bonchev–Trinajstić information content (AvgIpc) is 2.79. The maximum atomic E-state index is 11.5. The molecule has 11 heteroatoms. The molecule has 0 fully saturated rings. The van der Waals surface area contributed by atoms with Crippen LogP contribution in [0.2, 0.25) is 0 Å². The summed E-state index contributed by atoms with van der Waals surface area (Å²) in [6.07, 6.45) is 0. The van der Waals surface area contributed by atoms with Crippen molar-refractivity contribution in [3.8, 4) is 0 Å². The van der Waals surface area contributed by atoms with Crippen LogP contribution >= 0.6 is 0 Å². The number of hydrogen-bond acceptors (Lipinski definition) is 9. The van der Waals surface area contributed by atoms with Gasteiger partial charge in [-0.1, -0.05) is 97.9 Å². The van der Waals surface area contributed by atoms with Crippen molar-refractivity contribution < 1.29 is 43.0 Å². The fourth-order valence-electron chi connectivity index (χ4n) is 2.48. The van der Waals surface area contributed by atoms with Gasteiger partial charge in [0.05, 0.1) is 0 Å². The van der Waals surface area contributed by atoms with Crippen LogP contribution in [0.1, 0.15) is 139 Å². The van der Waals surface area contributed by atoms with E-state index in [1.165, 1.54) is 0 Å². The lowest BCUT2D eigenvalue weighted by atomic mass is 9.91. The van der Waals surface area contributed by atoms with Crippen molar-refractivity contribution in [1.82, 2.24) is 10.6 Å². The lowest BCUT2D eigenvalue weighted by molar-refractivity contribution is -0.137. The number of rotatable bonds is 12. The Balaban J connectivity index is -0.000000194. The minimum atomic E-state index is -0.416. The first-order valence-corrected chi connectivity index (χ1v) is 16.1. The number of nitrogens with one attached hydrogen (secondary N) is 2. The number of ketones is 4. The zero-order valence-corrected chi connectivity index (χ0v) is 32.9. The maximum Gasteiger partial charge on any atom is 0.246 e. The van der Waals surface area contributed by atoms with E-state index in [4.69, 9.17) is 14.2 Å². The topological polar surface area (TPSA) is 154 Å². The predicted octanol–water partition coefficient (Wildman–Crippen LogP) is 6.57.